The first kappa shape index (κ1) is 30.3. The predicted molar refractivity (Wildman–Crippen MR) is 152 cm³/mol. The standard InChI is InChI=1S/C29H28ClF3N2O6S/c30-20-5-1-2-6-21(20)35-23-13-14-34(22-7-3-4-8-24(22)37)28(38)26(23)19(16-36)27(35)18-11-9-17(10-12-18)25(42(39,40)41)15-29(31,32)33/h1-2,5-6,9-14,22,24-25,36-37H,3-4,7-8,15-16H2,(H,39,40,41). The molecule has 224 valence electrons. The van der Waals surface area contributed by atoms with Gasteiger partial charge in [0.1, 0.15) is 5.25 Å². The molecule has 0 radical (unpaired) electrons. The van der Waals surface area contributed by atoms with E-state index >= 15 is 0 Å². The number of aliphatic hydroxyl groups excluding tert-OH is 2. The van der Waals surface area contributed by atoms with Crippen LogP contribution in [0.2, 0.25) is 5.02 Å². The van der Waals surface area contributed by atoms with Gasteiger partial charge >= 0.3 is 6.18 Å². The molecule has 2 aromatic carbocycles. The molecule has 1 aliphatic rings. The van der Waals surface area contributed by atoms with Crippen LogP contribution in [-0.2, 0) is 16.7 Å². The van der Waals surface area contributed by atoms with Crippen LogP contribution in [0.4, 0.5) is 13.2 Å². The lowest BCUT2D eigenvalue weighted by molar-refractivity contribution is -0.135. The van der Waals surface area contributed by atoms with Crippen molar-refractivity contribution in [2.24, 2.45) is 0 Å². The molecule has 1 saturated carbocycles. The molecule has 4 aromatic rings. The first-order valence-corrected chi connectivity index (χ1v) is 15.2. The number of para-hydroxylation sites is 1. The summed E-state index contributed by atoms with van der Waals surface area (Å²) in [6, 6.07) is 13.1. The van der Waals surface area contributed by atoms with Crippen molar-refractivity contribution in [2.45, 2.75) is 62.3 Å². The van der Waals surface area contributed by atoms with Gasteiger partial charge in [0, 0.05) is 11.8 Å². The summed E-state index contributed by atoms with van der Waals surface area (Å²) in [5.74, 6) is 0. The predicted octanol–water partition coefficient (Wildman–Crippen LogP) is 5.96. The molecule has 42 heavy (non-hydrogen) atoms. The van der Waals surface area contributed by atoms with Gasteiger partial charge in [-0.2, -0.15) is 21.6 Å². The summed E-state index contributed by atoms with van der Waals surface area (Å²) < 4.78 is 75.7. The maximum absolute atomic E-state index is 13.9. The Morgan fingerprint density at radius 2 is 1.69 bits per heavy atom. The van der Waals surface area contributed by atoms with E-state index in [1.165, 1.54) is 16.7 Å². The van der Waals surface area contributed by atoms with Crippen molar-refractivity contribution in [3.05, 3.63) is 87.3 Å². The number of rotatable bonds is 7. The van der Waals surface area contributed by atoms with Crippen LogP contribution in [0.15, 0.2) is 65.6 Å². The number of nitrogens with zero attached hydrogens (tertiary/aromatic N) is 2. The first-order valence-electron chi connectivity index (χ1n) is 13.3. The second-order valence-electron chi connectivity index (χ2n) is 10.4. The van der Waals surface area contributed by atoms with Crippen molar-refractivity contribution in [3.63, 3.8) is 0 Å². The van der Waals surface area contributed by atoms with E-state index in [2.05, 4.69) is 0 Å². The number of fused-ring (bicyclic) bond motifs is 1. The van der Waals surface area contributed by atoms with Gasteiger partial charge < -0.3 is 19.3 Å². The fourth-order valence-electron chi connectivity index (χ4n) is 5.86. The summed E-state index contributed by atoms with van der Waals surface area (Å²) in [6.07, 6.45) is -2.90. The summed E-state index contributed by atoms with van der Waals surface area (Å²) in [6.45, 7) is -0.584. The van der Waals surface area contributed by atoms with E-state index in [4.69, 9.17) is 11.6 Å². The molecule has 0 aliphatic heterocycles. The number of benzene rings is 2. The summed E-state index contributed by atoms with van der Waals surface area (Å²) in [7, 11) is -5.09. The average Bonchev–Trinajstić information content (AvgIpc) is 3.27. The lowest BCUT2D eigenvalue weighted by Crippen LogP contribution is -2.34. The topological polar surface area (TPSA) is 122 Å². The van der Waals surface area contributed by atoms with Crippen molar-refractivity contribution in [1.82, 2.24) is 9.13 Å². The van der Waals surface area contributed by atoms with E-state index in [0.717, 1.165) is 25.0 Å². The Bertz CT molecular complexity index is 1780. The van der Waals surface area contributed by atoms with Crippen molar-refractivity contribution in [3.8, 4) is 16.9 Å². The number of aliphatic hydroxyl groups is 2. The molecule has 0 amide bonds. The maximum Gasteiger partial charge on any atom is 0.390 e. The second kappa shape index (κ2) is 11.5. The minimum Gasteiger partial charge on any atom is -0.392 e. The Morgan fingerprint density at radius 3 is 2.29 bits per heavy atom. The van der Waals surface area contributed by atoms with Crippen LogP contribution in [0.5, 0.6) is 0 Å². The van der Waals surface area contributed by atoms with E-state index in [-0.39, 0.29) is 16.5 Å². The fourth-order valence-corrected chi connectivity index (χ4v) is 6.98. The van der Waals surface area contributed by atoms with Gasteiger partial charge in [0.05, 0.1) is 52.5 Å². The minimum absolute atomic E-state index is 0.185. The fraction of sp³-hybridized carbons (Fsp3) is 0.345. The summed E-state index contributed by atoms with van der Waals surface area (Å²) >= 11 is 6.56. The maximum atomic E-state index is 13.9. The van der Waals surface area contributed by atoms with Crippen LogP contribution in [-0.4, -0.2) is 44.6 Å². The molecule has 5 rings (SSSR count). The molecule has 0 bridgehead atoms. The number of aromatic nitrogens is 2. The average molecular weight is 625 g/mol. The molecular formula is C29H28ClF3N2O6S. The third-order valence-electron chi connectivity index (χ3n) is 7.78. The van der Waals surface area contributed by atoms with Gasteiger partial charge in [-0.1, -0.05) is 60.8 Å². The highest BCUT2D eigenvalue weighted by Gasteiger charge is 2.39. The number of pyridine rings is 1. The van der Waals surface area contributed by atoms with Crippen LogP contribution in [0.3, 0.4) is 0 Å². The largest absolute Gasteiger partial charge is 0.392 e. The zero-order chi connectivity index (χ0) is 30.4. The van der Waals surface area contributed by atoms with Crippen molar-refractivity contribution in [1.29, 1.82) is 0 Å². The Kier molecular flexibility index (Phi) is 8.29. The third-order valence-corrected chi connectivity index (χ3v) is 9.26. The quantitative estimate of drug-likeness (QED) is 0.218. The van der Waals surface area contributed by atoms with Gasteiger partial charge in [0.15, 0.2) is 0 Å². The SMILES string of the molecule is O=c1c2c(CO)c(-c3ccc(C(CC(F)(F)F)S(=O)(=O)O)cc3)n(-c3ccccc3Cl)c2ccn1C1CCCCC1O. The molecule has 3 unspecified atom stereocenters. The van der Waals surface area contributed by atoms with Crippen LogP contribution >= 0.6 is 11.6 Å². The summed E-state index contributed by atoms with van der Waals surface area (Å²) in [5.41, 5.74) is 1.07. The number of halogens is 4. The molecule has 8 nitrogen and oxygen atoms in total. The zero-order valence-electron chi connectivity index (χ0n) is 22.1. The van der Waals surface area contributed by atoms with Gasteiger partial charge in [-0.3, -0.25) is 9.35 Å². The van der Waals surface area contributed by atoms with Crippen molar-refractivity contribution < 1.29 is 36.4 Å². The van der Waals surface area contributed by atoms with Gasteiger partial charge in [0.2, 0.25) is 0 Å². The highest BCUT2D eigenvalue weighted by Crippen LogP contribution is 2.40. The molecule has 2 aromatic heterocycles. The van der Waals surface area contributed by atoms with Crippen LogP contribution in [0, 0.1) is 0 Å². The molecule has 0 saturated heterocycles. The van der Waals surface area contributed by atoms with E-state index in [1.807, 2.05) is 0 Å². The van der Waals surface area contributed by atoms with Gasteiger partial charge in [-0.15, -0.1) is 0 Å². The van der Waals surface area contributed by atoms with E-state index in [0.29, 0.717) is 40.3 Å². The molecule has 1 fully saturated rings. The smallest absolute Gasteiger partial charge is 0.390 e. The van der Waals surface area contributed by atoms with E-state index < -0.39 is 52.3 Å². The van der Waals surface area contributed by atoms with Crippen LogP contribution in [0.1, 0.15) is 54.5 Å². The molecular weight excluding hydrogens is 597 g/mol. The van der Waals surface area contributed by atoms with Crippen molar-refractivity contribution in [2.75, 3.05) is 0 Å². The number of alkyl halides is 3. The Morgan fingerprint density at radius 1 is 1.02 bits per heavy atom. The van der Waals surface area contributed by atoms with E-state index in [9.17, 15) is 41.1 Å². The van der Waals surface area contributed by atoms with Gasteiger partial charge in [-0.25, -0.2) is 0 Å². The van der Waals surface area contributed by atoms with Crippen LogP contribution < -0.4 is 5.56 Å². The molecule has 3 atom stereocenters. The third kappa shape index (κ3) is 5.73. The Labute approximate surface area is 244 Å². The highest BCUT2D eigenvalue weighted by atomic mass is 35.5. The Hall–Kier alpha value is -3.16. The minimum atomic E-state index is -5.09. The van der Waals surface area contributed by atoms with Crippen LogP contribution in [0.25, 0.3) is 27.8 Å². The molecule has 2 heterocycles. The second-order valence-corrected chi connectivity index (χ2v) is 12.4. The number of hydrogen-bond acceptors (Lipinski definition) is 5. The molecule has 13 heteroatoms. The van der Waals surface area contributed by atoms with Gasteiger partial charge in [0.25, 0.3) is 15.7 Å². The highest BCUT2D eigenvalue weighted by molar-refractivity contribution is 7.86. The monoisotopic (exact) mass is 624 g/mol. The summed E-state index contributed by atoms with van der Waals surface area (Å²) in [5, 5.41) is 19.5. The summed E-state index contributed by atoms with van der Waals surface area (Å²) in [4.78, 5) is 13.9. The lowest BCUT2D eigenvalue weighted by atomic mass is 9.92. The first-order chi connectivity index (χ1) is 19.8. The normalized spacial score (nSPS) is 18.8. The zero-order valence-corrected chi connectivity index (χ0v) is 23.7. The molecule has 3 N–H and O–H groups in total. The number of hydrogen-bond donors (Lipinski definition) is 3. The Balaban J connectivity index is 1.75. The van der Waals surface area contributed by atoms with Crippen molar-refractivity contribution >= 4 is 32.6 Å². The molecule has 1 aliphatic carbocycles. The van der Waals surface area contributed by atoms with Gasteiger partial charge in [-0.05, 0) is 42.2 Å². The lowest BCUT2D eigenvalue weighted by Gasteiger charge is -2.29. The van der Waals surface area contributed by atoms with E-state index in [1.54, 1.807) is 41.1 Å². The molecule has 0 spiro atoms.